The second-order valence-electron chi connectivity index (χ2n) is 6.79. The van der Waals surface area contributed by atoms with E-state index in [2.05, 4.69) is 10.6 Å². The number of nitrogens with zero attached hydrogens (tertiary/aromatic N) is 1. The van der Waals surface area contributed by atoms with Crippen LogP contribution >= 0.6 is 0 Å². The maximum atomic E-state index is 12.4. The van der Waals surface area contributed by atoms with E-state index in [1.807, 2.05) is 30.3 Å². The Morgan fingerprint density at radius 3 is 2.56 bits per heavy atom. The highest BCUT2D eigenvalue weighted by Crippen LogP contribution is 2.22. The molecule has 0 aromatic heterocycles. The number of amides is 3. The summed E-state index contributed by atoms with van der Waals surface area (Å²) in [5.41, 5.74) is 0.947. The predicted octanol–water partition coefficient (Wildman–Crippen LogP) is 1.01. The molecule has 1 heterocycles. The van der Waals surface area contributed by atoms with Crippen LogP contribution in [0.2, 0.25) is 0 Å². The topological polar surface area (TPSA) is 78.5 Å². The van der Waals surface area contributed by atoms with Gasteiger partial charge in [0.1, 0.15) is 6.04 Å². The van der Waals surface area contributed by atoms with Gasteiger partial charge in [0.05, 0.1) is 6.42 Å². The zero-order valence-corrected chi connectivity index (χ0v) is 14.4. The van der Waals surface area contributed by atoms with Crippen molar-refractivity contribution in [2.75, 3.05) is 13.1 Å². The quantitative estimate of drug-likeness (QED) is 0.775. The van der Waals surface area contributed by atoms with Crippen LogP contribution in [0.3, 0.4) is 0 Å². The SMILES string of the molecule is O=C(Cc1ccccc1)NCCC(=O)N1CCCC1C(=O)NC1CC1. The van der Waals surface area contributed by atoms with Crippen molar-refractivity contribution in [2.45, 2.75) is 50.6 Å². The first kappa shape index (κ1) is 17.5. The Hall–Kier alpha value is -2.37. The lowest BCUT2D eigenvalue weighted by Crippen LogP contribution is -2.47. The van der Waals surface area contributed by atoms with Crippen molar-refractivity contribution in [3.05, 3.63) is 35.9 Å². The molecular formula is C19H25N3O3. The van der Waals surface area contributed by atoms with Gasteiger partial charge >= 0.3 is 0 Å². The zero-order valence-electron chi connectivity index (χ0n) is 14.4. The highest BCUT2D eigenvalue weighted by Gasteiger charge is 2.36. The van der Waals surface area contributed by atoms with Crippen molar-refractivity contribution in [1.29, 1.82) is 0 Å². The number of carbonyl (C=O) groups is 3. The Labute approximate surface area is 148 Å². The summed E-state index contributed by atoms with van der Waals surface area (Å²) in [6, 6.07) is 9.47. The van der Waals surface area contributed by atoms with Crippen LogP contribution < -0.4 is 10.6 Å². The molecule has 3 rings (SSSR count). The first-order valence-electron chi connectivity index (χ1n) is 9.04. The second-order valence-corrected chi connectivity index (χ2v) is 6.79. The van der Waals surface area contributed by atoms with Crippen molar-refractivity contribution < 1.29 is 14.4 Å². The van der Waals surface area contributed by atoms with Crippen LogP contribution in [0, 0.1) is 0 Å². The van der Waals surface area contributed by atoms with Gasteiger partial charge < -0.3 is 15.5 Å². The zero-order chi connectivity index (χ0) is 17.6. The number of benzene rings is 1. The smallest absolute Gasteiger partial charge is 0.243 e. The van der Waals surface area contributed by atoms with Gasteiger partial charge in [-0.3, -0.25) is 14.4 Å². The Balaban J connectivity index is 1.40. The van der Waals surface area contributed by atoms with Gasteiger partial charge in [0, 0.05) is 25.6 Å². The molecule has 25 heavy (non-hydrogen) atoms. The molecule has 0 radical (unpaired) electrons. The minimum atomic E-state index is -0.340. The first-order valence-corrected chi connectivity index (χ1v) is 9.04. The molecule has 134 valence electrons. The molecule has 2 fully saturated rings. The molecule has 1 unspecified atom stereocenters. The Morgan fingerprint density at radius 2 is 1.84 bits per heavy atom. The molecular weight excluding hydrogens is 318 g/mol. The fourth-order valence-electron chi connectivity index (χ4n) is 3.16. The molecule has 1 atom stereocenters. The molecule has 0 spiro atoms. The predicted molar refractivity (Wildman–Crippen MR) is 93.7 cm³/mol. The molecule has 1 aromatic rings. The molecule has 1 saturated carbocycles. The molecule has 1 aromatic carbocycles. The van der Waals surface area contributed by atoms with Crippen molar-refractivity contribution in [3.63, 3.8) is 0 Å². The number of likely N-dealkylation sites (tertiary alicyclic amines) is 1. The summed E-state index contributed by atoms with van der Waals surface area (Å²) in [5, 5.41) is 5.76. The normalized spacial score (nSPS) is 19.5. The number of rotatable bonds is 7. The lowest BCUT2D eigenvalue weighted by atomic mass is 10.1. The Kier molecular flexibility index (Phi) is 5.68. The fourth-order valence-corrected chi connectivity index (χ4v) is 3.16. The average molecular weight is 343 g/mol. The molecule has 1 aliphatic heterocycles. The van der Waals surface area contributed by atoms with Gasteiger partial charge in [-0.2, -0.15) is 0 Å². The summed E-state index contributed by atoms with van der Waals surface area (Å²) in [6.45, 7) is 0.928. The maximum absolute atomic E-state index is 12.4. The fraction of sp³-hybridized carbons (Fsp3) is 0.526. The van der Waals surface area contributed by atoms with Crippen molar-refractivity contribution >= 4 is 17.7 Å². The summed E-state index contributed by atoms with van der Waals surface area (Å²) in [7, 11) is 0. The number of hydrogen-bond acceptors (Lipinski definition) is 3. The minimum Gasteiger partial charge on any atom is -0.355 e. The van der Waals surface area contributed by atoms with Gasteiger partial charge in [-0.1, -0.05) is 30.3 Å². The third kappa shape index (κ3) is 5.05. The van der Waals surface area contributed by atoms with Gasteiger partial charge in [0.2, 0.25) is 17.7 Å². The third-order valence-corrected chi connectivity index (χ3v) is 4.67. The van der Waals surface area contributed by atoms with Crippen LogP contribution in [-0.2, 0) is 20.8 Å². The molecule has 1 aliphatic carbocycles. The molecule has 0 bridgehead atoms. The molecule has 6 heteroatoms. The average Bonchev–Trinajstić information content (AvgIpc) is 3.27. The highest BCUT2D eigenvalue weighted by atomic mass is 16.2. The minimum absolute atomic E-state index is 0.0264. The summed E-state index contributed by atoms with van der Waals surface area (Å²) in [6.07, 6.45) is 4.21. The Morgan fingerprint density at radius 1 is 1.08 bits per heavy atom. The van der Waals surface area contributed by atoms with Gasteiger partial charge in [0.15, 0.2) is 0 Å². The summed E-state index contributed by atoms with van der Waals surface area (Å²) in [5.74, 6) is -0.182. The first-order chi connectivity index (χ1) is 12.1. The molecule has 2 aliphatic rings. The van der Waals surface area contributed by atoms with E-state index in [1.165, 1.54) is 0 Å². The number of carbonyl (C=O) groups excluding carboxylic acids is 3. The van der Waals surface area contributed by atoms with E-state index in [9.17, 15) is 14.4 Å². The van der Waals surface area contributed by atoms with Crippen LogP contribution in [0.25, 0.3) is 0 Å². The van der Waals surface area contributed by atoms with Crippen LogP contribution in [0.1, 0.15) is 37.7 Å². The van der Waals surface area contributed by atoms with Crippen LogP contribution in [0.4, 0.5) is 0 Å². The molecule has 3 amide bonds. The van der Waals surface area contributed by atoms with Gasteiger partial charge in [-0.05, 0) is 31.2 Å². The number of nitrogens with one attached hydrogen (secondary N) is 2. The van der Waals surface area contributed by atoms with E-state index in [0.717, 1.165) is 31.2 Å². The van der Waals surface area contributed by atoms with E-state index >= 15 is 0 Å². The van der Waals surface area contributed by atoms with E-state index in [1.54, 1.807) is 4.90 Å². The summed E-state index contributed by atoms with van der Waals surface area (Å²) in [4.78, 5) is 38.2. The second kappa shape index (κ2) is 8.14. The van der Waals surface area contributed by atoms with Crippen LogP contribution in [0.5, 0.6) is 0 Å². The van der Waals surface area contributed by atoms with Crippen molar-refractivity contribution in [2.24, 2.45) is 0 Å². The standard InChI is InChI=1S/C19H25N3O3/c23-17(13-14-5-2-1-3-6-14)20-11-10-18(24)22-12-4-7-16(22)19(25)21-15-8-9-15/h1-3,5-6,15-16H,4,7-13H2,(H,20,23)(H,21,25). The maximum Gasteiger partial charge on any atom is 0.243 e. The highest BCUT2D eigenvalue weighted by molar-refractivity contribution is 5.88. The molecule has 6 nitrogen and oxygen atoms in total. The third-order valence-electron chi connectivity index (χ3n) is 4.67. The van der Waals surface area contributed by atoms with Crippen molar-refractivity contribution in [3.8, 4) is 0 Å². The monoisotopic (exact) mass is 343 g/mol. The Bertz CT molecular complexity index is 628. The van der Waals surface area contributed by atoms with E-state index in [4.69, 9.17) is 0 Å². The van der Waals surface area contributed by atoms with Crippen molar-refractivity contribution in [1.82, 2.24) is 15.5 Å². The van der Waals surface area contributed by atoms with E-state index in [-0.39, 0.29) is 30.2 Å². The largest absolute Gasteiger partial charge is 0.355 e. The summed E-state index contributed by atoms with van der Waals surface area (Å²) >= 11 is 0. The van der Waals surface area contributed by atoms with Crippen LogP contribution in [-0.4, -0.2) is 47.8 Å². The van der Waals surface area contributed by atoms with Gasteiger partial charge in [0.25, 0.3) is 0 Å². The molecule has 2 N–H and O–H groups in total. The van der Waals surface area contributed by atoms with Gasteiger partial charge in [-0.25, -0.2) is 0 Å². The molecule has 1 saturated heterocycles. The summed E-state index contributed by atoms with van der Waals surface area (Å²) < 4.78 is 0. The number of hydrogen-bond donors (Lipinski definition) is 2. The van der Waals surface area contributed by atoms with Gasteiger partial charge in [-0.15, -0.1) is 0 Å². The lowest BCUT2D eigenvalue weighted by molar-refractivity contribution is -0.138. The lowest BCUT2D eigenvalue weighted by Gasteiger charge is -2.24. The van der Waals surface area contributed by atoms with E-state index < -0.39 is 0 Å². The van der Waals surface area contributed by atoms with Crippen LogP contribution in [0.15, 0.2) is 30.3 Å². The van der Waals surface area contributed by atoms with E-state index in [0.29, 0.717) is 25.6 Å².